The smallest absolute Gasteiger partial charge is 0.280 e. The molecule has 0 aliphatic carbocycles. The van der Waals surface area contributed by atoms with E-state index in [1.54, 1.807) is 18.2 Å². The van der Waals surface area contributed by atoms with Crippen LogP contribution in [-0.2, 0) is 5.41 Å². The maximum absolute atomic E-state index is 11.1. The predicted octanol–water partition coefficient (Wildman–Crippen LogP) is 2.33. The van der Waals surface area contributed by atoms with Gasteiger partial charge in [0.2, 0.25) is 5.95 Å². The third kappa shape index (κ3) is 2.71. The molecule has 104 valence electrons. The molecule has 1 aromatic carbocycles. The van der Waals surface area contributed by atoms with E-state index in [9.17, 15) is 10.1 Å². The Balaban J connectivity index is 2.65. The fourth-order valence-electron chi connectivity index (χ4n) is 1.67. The number of nitrogens with two attached hydrogens (primary N) is 1. The summed E-state index contributed by atoms with van der Waals surface area (Å²) < 4.78 is 0. The molecule has 0 aliphatic heterocycles. The minimum absolute atomic E-state index is 0.0538. The molecule has 1 heterocycles. The molecule has 20 heavy (non-hydrogen) atoms. The molecule has 0 spiro atoms. The molecule has 7 nitrogen and oxygen atoms in total. The van der Waals surface area contributed by atoms with E-state index in [4.69, 9.17) is 5.73 Å². The number of hydrogen-bond donors (Lipinski definition) is 1. The van der Waals surface area contributed by atoms with E-state index in [2.05, 4.69) is 15.0 Å². The van der Waals surface area contributed by atoms with E-state index >= 15 is 0 Å². The summed E-state index contributed by atoms with van der Waals surface area (Å²) in [7, 11) is 0. The van der Waals surface area contributed by atoms with E-state index in [0.29, 0.717) is 11.4 Å². The summed E-state index contributed by atoms with van der Waals surface area (Å²) in [5.74, 6) is 0.769. The fourth-order valence-corrected chi connectivity index (χ4v) is 1.67. The van der Waals surface area contributed by atoms with Crippen LogP contribution in [0.1, 0.15) is 26.6 Å². The maximum atomic E-state index is 11.1. The minimum atomic E-state index is -0.466. The molecule has 2 N–H and O–H groups in total. The number of para-hydroxylation sites is 1. The Labute approximate surface area is 116 Å². The molecule has 7 heteroatoms. The highest BCUT2D eigenvalue weighted by molar-refractivity contribution is 5.68. The van der Waals surface area contributed by atoms with Crippen LogP contribution in [0.5, 0.6) is 0 Å². The van der Waals surface area contributed by atoms with Crippen molar-refractivity contribution in [2.45, 2.75) is 26.2 Å². The van der Waals surface area contributed by atoms with Gasteiger partial charge in [0.15, 0.2) is 5.82 Å². The van der Waals surface area contributed by atoms with Crippen LogP contribution < -0.4 is 5.73 Å². The first-order valence-corrected chi connectivity index (χ1v) is 6.05. The van der Waals surface area contributed by atoms with Crippen molar-refractivity contribution in [2.75, 3.05) is 5.73 Å². The number of rotatable bonds is 2. The molecule has 0 saturated heterocycles. The molecular formula is C13H15N5O2. The van der Waals surface area contributed by atoms with Crippen LogP contribution in [0.4, 0.5) is 11.6 Å². The summed E-state index contributed by atoms with van der Waals surface area (Å²) in [6, 6.07) is 6.29. The molecule has 2 rings (SSSR count). The Morgan fingerprint density at radius 3 is 2.40 bits per heavy atom. The summed E-state index contributed by atoms with van der Waals surface area (Å²) >= 11 is 0. The molecule has 1 aromatic heterocycles. The summed E-state index contributed by atoms with van der Waals surface area (Å²) in [6.45, 7) is 5.81. The van der Waals surface area contributed by atoms with Crippen molar-refractivity contribution in [1.82, 2.24) is 15.0 Å². The SMILES string of the molecule is CC(C)(C)c1nc(N)nc(-c2ccccc2[N+](=O)[O-])n1. The molecule has 0 unspecified atom stereocenters. The first-order valence-electron chi connectivity index (χ1n) is 6.05. The van der Waals surface area contributed by atoms with Crippen molar-refractivity contribution in [3.8, 4) is 11.4 Å². The number of anilines is 1. The van der Waals surface area contributed by atoms with Crippen molar-refractivity contribution in [1.29, 1.82) is 0 Å². The van der Waals surface area contributed by atoms with Crippen molar-refractivity contribution >= 4 is 11.6 Å². The van der Waals surface area contributed by atoms with Gasteiger partial charge in [-0.1, -0.05) is 32.9 Å². The maximum Gasteiger partial charge on any atom is 0.280 e. The van der Waals surface area contributed by atoms with Gasteiger partial charge in [-0.15, -0.1) is 0 Å². The van der Waals surface area contributed by atoms with Gasteiger partial charge in [0, 0.05) is 11.5 Å². The van der Waals surface area contributed by atoms with Gasteiger partial charge in [0.05, 0.1) is 10.5 Å². The Hall–Kier alpha value is -2.57. The highest BCUT2D eigenvalue weighted by atomic mass is 16.6. The lowest BCUT2D eigenvalue weighted by molar-refractivity contribution is -0.384. The van der Waals surface area contributed by atoms with Gasteiger partial charge in [0.25, 0.3) is 5.69 Å². The number of nitrogen functional groups attached to an aromatic ring is 1. The summed E-state index contributed by atoms with van der Waals surface area (Å²) in [4.78, 5) is 23.0. The minimum Gasteiger partial charge on any atom is -0.368 e. The number of benzene rings is 1. The monoisotopic (exact) mass is 273 g/mol. The number of aromatic nitrogens is 3. The van der Waals surface area contributed by atoms with Gasteiger partial charge < -0.3 is 5.73 Å². The van der Waals surface area contributed by atoms with Crippen LogP contribution in [0, 0.1) is 10.1 Å². The number of nitro groups is 1. The highest BCUT2D eigenvalue weighted by Crippen LogP contribution is 2.28. The molecule has 0 aliphatic rings. The molecule has 0 radical (unpaired) electrons. The molecular weight excluding hydrogens is 258 g/mol. The second-order valence-electron chi connectivity index (χ2n) is 5.37. The van der Waals surface area contributed by atoms with Gasteiger partial charge in [-0.3, -0.25) is 10.1 Å². The van der Waals surface area contributed by atoms with E-state index in [1.807, 2.05) is 20.8 Å². The van der Waals surface area contributed by atoms with Crippen molar-refractivity contribution in [3.05, 3.63) is 40.2 Å². The number of nitrogens with zero attached hydrogens (tertiary/aromatic N) is 4. The number of nitro benzene ring substituents is 1. The predicted molar refractivity (Wildman–Crippen MR) is 75.0 cm³/mol. The molecule has 2 aromatic rings. The second kappa shape index (κ2) is 4.84. The quantitative estimate of drug-likeness (QED) is 0.664. The first-order chi connectivity index (χ1) is 9.29. The normalized spacial score (nSPS) is 11.3. The van der Waals surface area contributed by atoms with Crippen LogP contribution >= 0.6 is 0 Å². The van der Waals surface area contributed by atoms with E-state index in [0.717, 1.165) is 0 Å². The highest BCUT2D eigenvalue weighted by Gasteiger charge is 2.22. The second-order valence-corrected chi connectivity index (χ2v) is 5.37. The zero-order chi connectivity index (χ0) is 14.9. The van der Waals surface area contributed by atoms with Gasteiger partial charge in [-0.2, -0.15) is 9.97 Å². The Bertz CT molecular complexity index is 664. The fraction of sp³-hybridized carbons (Fsp3) is 0.308. The Morgan fingerprint density at radius 2 is 1.80 bits per heavy atom. The van der Waals surface area contributed by atoms with Crippen molar-refractivity contribution in [2.24, 2.45) is 0 Å². The lowest BCUT2D eigenvalue weighted by Crippen LogP contribution is -2.18. The number of hydrogen-bond acceptors (Lipinski definition) is 6. The van der Waals surface area contributed by atoms with E-state index in [1.165, 1.54) is 6.07 Å². The van der Waals surface area contributed by atoms with Crippen LogP contribution in [-0.4, -0.2) is 19.9 Å². The van der Waals surface area contributed by atoms with Gasteiger partial charge >= 0.3 is 0 Å². The van der Waals surface area contributed by atoms with Crippen LogP contribution in [0.25, 0.3) is 11.4 Å². The summed E-state index contributed by atoms with van der Waals surface area (Å²) in [6.07, 6.45) is 0. The standard InChI is InChI=1S/C13H15N5O2/c1-13(2,3)11-15-10(16-12(14)17-11)8-6-4-5-7-9(8)18(19)20/h4-7H,1-3H3,(H2,14,15,16,17). The van der Waals surface area contributed by atoms with E-state index < -0.39 is 4.92 Å². The molecule has 0 atom stereocenters. The Morgan fingerprint density at radius 1 is 1.15 bits per heavy atom. The van der Waals surface area contributed by atoms with Crippen LogP contribution in [0.15, 0.2) is 24.3 Å². The topological polar surface area (TPSA) is 108 Å². The zero-order valence-corrected chi connectivity index (χ0v) is 11.5. The average molecular weight is 273 g/mol. The van der Waals surface area contributed by atoms with Crippen molar-refractivity contribution in [3.63, 3.8) is 0 Å². The average Bonchev–Trinajstić information content (AvgIpc) is 2.37. The van der Waals surface area contributed by atoms with Gasteiger partial charge in [0.1, 0.15) is 5.82 Å². The first kappa shape index (κ1) is 13.9. The molecule has 0 bridgehead atoms. The molecule has 0 fully saturated rings. The lowest BCUT2D eigenvalue weighted by Gasteiger charge is -2.17. The Kier molecular flexibility index (Phi) is 3.35. The van der Waals surface area contributed by atoms with Gasteiger partial charge in [-0.05, 0) is 6.07 Å². The third-order valence-electron chi connectivity index (χ3n) is 2.67. The van der Waals surface area contributed by atoms with Gasteiger partial charge in [-0.25, -0.2) is 4.98 Å². The largest absolute Gasteiger partial charge is 0.368 e. The molecule has 0 saturated carbocycles. The van der Waals surface area contributed by atoms with E-state index in [-0.39, 0.29) is 22.9 Å². The third-order valence-corrected chi connectivity index (χ3v) is 2.67. The summed E-state index contributed by atoms with van der Waals surface area (Å²) in [5.41, 5.74) is 5.64. The van der Waals surface area contributed by atoms with Crippen molar-refractivity contribution < 1.29 is 4.92 Å². The molecule has 0 amide bonds. The summed E-state index contributed by atoms with van der Waals surface area (Å²) in [5, 5.41) is 11.1. The van der Waals surface area contributed by atoms with Crippen LogP contribution in [0.2, 0.25) is 0 Å². The van der Waals surface area contributed by atoms with Crippen LogP contribution in [0.3, 0.4) is 0 Å². The lowest BCUT2D eigenvalue weighted by atomic mass is 9.96. The zero-order valence-electron chi connectivity index (χ0n) is 11.5.